The summed E-state index contributed by atoms with van der Waals surface area (Å²) in [5.74, 6) is 1.49. The molecule has 0 saturated heterocycles. The molecule has 9 aromatic carbocycles. The third-order valence-corrected chi connectivity index (χ3v) is 21.0. The fraction of sp³-hybridized carbons (Fsp3) is 0.312. The topological polar surface area (TPSA) is 37.4 Å². The lowest BCUT2D eigenvalue weighted by molar-refractivity contribution is 0.574. The third-order valence-electron chi connectivity index (χ3n) is 19.9. The van der Waals surface area contributed by atoms with Crippen LogP contribution in [0.15, 0.2) is 166 Å². The van der Waals surface area contributed by atoms with Gasteiger partial charge in [0.15, 0.2) is 0 Å². The van der Waals surface area contributed by atoms with Crippen LogP contribution in [-0.2, 0) is 27.1 Å². The first-order valence-electron chi connectivity index (χ1n) is 31.8. The van der Waals surface area contributed by atoms with Crippen molar-refractivity contribution in [2.75, 3.05) is 9.80 Å². The molecule has 0 atom stereocenters. The second-order valence-electron chi connectivity index (χ2n) is 30.9. The van der Waals surface area contributed by atoms with Gasteiger partial charge >= 0.3 is 0 Å². The molecule has 436 valence electrons. The van der Waals surface area contributed by atoms with Crippen molar-refractivity contribution in [2.45, 2.75) is 173 Å². The fourth-order valence-corrected chi connectivity index (χ4v) is 16.1. The van der Waals surface area contributed by atoms with Crippen LogP contribution in [0.4, 0.5) is 34.1 Å². The summed E-state index contributed by atoms with van der Waals surface area (Å²) in [7, 11) is 0. The standard InChI is InChI=1S/C80H81BN4OS/c1-44(2)52-23-21-24-53(45(3)4)71(52)85-63-28-20-19-27-61(63)82-75(85)56-26-22-25-55-54-32-29-46(37-67(54)86-74(55)56)47-35-65-70-66(36-47)84-64-34-31-49(77(8,9)10)42-68(64)87-69-43-51(79(14,15)16)41-60(73(69)84)81(70)59-40-50(78(11,12)13)39-58-72(59)83(65)62-33-30-48(76(5,6)7)38-57(62)80(58,17)18/h19-45H,1-18H3. The Balaban J connectivity index is 1.02. The highest BCUT2D eigenvalue weighted by molar-refractivity contribution is 7.99. The Labute approximate surface area is 520 Å². The molecule has 7 heteroatoms. The number of benzene rings is 9. The number of para-hydroxylation sites is 4. The molecule has 0 unspecified atom stereocenters. The molecule has 11 aromatic rings. The molecule has 0 N–H and O–H groups in total. The van der Waals surface area contributed by atoms with Gasteiger partial charge in [-0.2, -0.15) is 0 Å². The van der Waals surface area contributed by atoms with Gasteiger partial charge in [0.1, 0.15) is 17.0 Å². The lowest BCUT2D eigenvalue weighted by Crippen LogP contribution is -2.63. The van der Waals surface area contributed by atoms with E-state index in [9.17, 15) is 0 Å². The minimum Gasteiger partial charge on any atom is -0.455 e. The van der Waals surface area contributed by atoms with Crippen molar-refractivity contribution in [1.29, 1.82) is 0 Å². The van der Waals surface area contributed by atoms with Crippen molar-refractivity contribution in [3.63, 3.8) is 0 Å². The van der Waals surface area contributed by atoms with Crippen LogP contribution < -0.4 is 26.2 Å². The predicted octanol–water partition coefficient (Wildman–Crippen LogP) is 20.9. The highest BCUT2D eigenvalue weighted by Gasteiger charge is 2.51. The Morgan fingerprint density at radius 1 is 0.483 bits per heavy atom. The smallest absolute Gasteiger partial charge is 0.252 e. The molecule has 4 aliphatic heterocycles. The largest absolute Gasteiger partial charge is 0.455 e. The first-order valence-corrected chi connectivity index (χ1v) is 32.6. The molecule has 2 aromatic heterocycles. The number of anilines is 6. The molecule has 4 aliphatic rings. The van der Waals surface area contributed by atoms with Gasteiger partial charge in [0.05, 0.1) is 39.3 Å². The van der Waals surface area contributed by atoms with Gasteiger partial charge in [-0.15, -0.1) is 0 Å². The van der Waals surface area contributed by atoms with E-state index in [1.807, 2.05) is 11.8 Å². The number of nitrogens with zero attached hydrogens (tertiary/aromatic N) is 4. The number of fused-ring (bicyclic) bond motifs is 12. The van der Waals surface area contributed by atoms with Crippen LogP contribution in [0.5, 0.6) is 0 Å². The van der Waals surface area contributed by atoms with Crippen LogP contribution in [0.2, 0.25) is 0 Å². The molecule has 0 fully saturated rings. The minimum absolute atomic E-state index is 0.0176. The monoisotopic (exact) mass is 1160 g/mol. The SMILES string of the molecule is CC(C)c1cccc(C(C)C)c1-n1c(-c2cccc3c2oc2cc(-c4cc5c6c(c4)N4c7ccc(C(C)(C)C)cc7C(C)(C)c7cc(C(C)(C)C)cc(c74)B6c4cc(C(C)(C)C)cc6c4N5c4ccc(C(C)(C)C)cc4S6)ccc23)nc2ccccc21. The molecular formula is C80H81BN4OS. The molecule has 0 saturated carbocycles. The van der Waals surface area contributed by atoms with E-state index in [4.69, 9.17) is 9.40 Å². The zero-order valence-corrected chi connectivity index (χ0v) is 55.1. The molecule has 0 aliphatic carbocycles. The average Bonchev–Trinajstić information content (AvgIpc) is 1.23. The van der Waals surface area contributed by atoms with Crippen molar-refractivity contribution in [1.82, 2.24) is 9.55 Å². The van der Waals surface area contributed by atoms with Gasteiger partial charge in [0.25, 0.3) is 6.71 Å². The number of imidazole rings is 1. The lowest BCUT2D eigenvalue weighted by Gasteiger charge is -2.51. The first-order chi connectivity index (χ1) is 41.1. The summed E-state index contributed by atoms with van der Waals surface area (Å²) in [6, 6.07) is 59.0. The normalized spacial score (nSPS) is 15.0. The average molecular weight is 1160 g/mol. The zero-order chi connectivity index (χ0) is 61.1. The Hall–Kier alpha value is -7.74. The van der Waals surface area contributed by atoms with Crippen LogP contribution in [0.1, 0.15) is 181 Å². The van der Waals surface area contributed by atoms with E-state index >= 15 is 0 Å². The predicted molar refractivity (Wildman–Crippen MR) is 372 cm³/mol. The Bertz CT molecular complexity index is 4740. The minimum atomic E-state index is -0.299. The van der Waals surface area contributed by atoms with Crippen molar-refractivity contribution < 1.29 is 4.42 Å². The molecule has 0 radical (unpaired) electrons. The molecular weight excluding hydrogens is 1080 g/mol. The van der Waals surface area contributed by atoms with E-state index in [-0.39, 0.29) is 33.8 Å². The quantitative estimate of drug-likeness (QED) is 0.161. The van der Waals surface area contributed by atoms with E-state index in [0.717, 1.165) is 55.5 Å². The van der Waals surface area contributed by atoms with Crippen LogP contribution in [0.3, 0.4) is 0 Å². The maximum absolute atomic E-state index is 7.36. The van der Waals surface area contributed by atoms with Crippen molar-refractivity contribution in [3.05, 3.63) is 196 Å². The summed E-state index contributed by atoms with van der Waals surface area (Å²) in [4.78, 5) is 13.5. The molecule has 6 heterocycles. The number of hydrogen-bond acceptors (Lipinski definition) is 5. The van der Waals surface area contributed by atoms with Crippen molar-refractivity contribution in [3.8, 4) is 28.2 Å². The molecule has 0 spiro atoms. The van der Waals surface area contributed by atoms with Crippen LogP contribution in [0, 0.1) is 0 Å². The van der Waals surface area contributed by atoms with Crippen LogP contribution in [0.25, 0.3) is 61.2 Å². The second kappa shape index (κ2) is 18.7. The van der Waals surface area contributed by atoms with Crippen molar-refractivity contribution >= 4 is 102 Å². The summed E-state index contributed by atoms with van der Waals surface area (Å²) < 4.78 is 9.78. The highest BCUT2D eigenvalue weighted by Crippen LogP contribution is 2.59. The van der Waals surface area contributed by atoms with Gasteiger partial charge in [0, 0.05) is 43.0 Å². The molecule has 0 bridgehead atoms. The molecule has 15 rings (SSSR count). The summed E-state index contributed by atoms with van der Waals surface area (Å²) in [6.45, 7) is 42.5. The van der Waals surface area contributed by atoms with Gasteiger partial charge in [-0.25, -0.2) is 4.98 Å². The van der Waals surface area contributed by atoms with Crippen LogP contribution >= 0.6 is 11.8 Å². The van der Waals surface area contributed by atoms with E-state index in [0.29, 0.717) is 11.8 Å². The highest BCUT2D eigenvalue weighted by atomic mass is 32.2. The van der Waals surface area contributed by atoms with E-state index in [2.05, 4.69) is 291 Å². The van der Waals surface area contributed by atoms with Gasteiger partial charge in [0.2, 0.25) is 0 Å². The van der Waals surface area contributed by atoms with E-state index in [1.54, 1.807) is 0 Å². The summed E-state index contributed by atoms with van der Waals surface area (Å²) in [6.07, 6.45) is 0. The van der Waals surface area contributed by atoms with Crippen molar-refractivity contribution in [2.24, 2.45) is 0 Å². The lowest BCUT2D eigenvalue weighted by atomic mass is 9.32. The number of rotatable bonds is 5. The first kappa shape index (κ1) is 55.8. The van der Waals surface area contributed by atoms with Gasteiger partial charge in [-0.3, -0.25) is 4.57 Å². The fourth-order valence-electron chi connectivity index (χ4n) is 14.9. The Morgan fingerprint density at radius 3 is 1.71 bits per heavy atom. The zero-order valence-electron chi connectivity index (χ0n) is 54.3. The molecule has 87 heavy (non-hydrogen) atoms. The van der Waals surface area contributed by atoms with E-state index in [1.165, 1.54) is 110 Å². The van der Waals surface area contributed by atoms with Gasteiger partial charge in [-0.1, -0.05) is 221 Å². The summed E-state index contributed by atoms with van der Waals surface area (Å²) in [5, 5.41) is 2.16. The number of furan rings is 1. The van der Waals surface area contributed by atoms with Gasteiger partial charge in [-0.05, 0) is 172 Å². The third kappa shape index (κ3) is 8.29. The second-order valence-corrected chi connectivity index (χ2v) is 32.0. The number of hydrogen-bond donors (Lipinski definition) is 0. The Morgan fingerprint density at radius 2 is 1.06 bits per heavy atom. The van der Waals surface area contributed by atoms with Crippen LogP contribution in [-0.4, -0.2) is 16.3 Å². The molecule has 5 nitrogen and oxygen atoms in total. The Kier molecular flexibility index (Phi) is 12.0. The summed E-state index contributed by atoms with van der Waals surface area (Å²) in [5.41, 5.74) is 30.2. The molecule has 0 amide bonds. The van der Waals surface area contributed by atoms with E-state index < -0.39 is 0 Å². The summed E-state index contributed by atoms with van der Waals surface area (Å²) >= 11 is 1.96. The number of aromatic nitrogens is 2. The maximum atomic E-state index is 7.36. The maximum Gasteiger partial charge on any atom is 0.252 e. The van der Waals surface area contributed by atoms with Gasteiger partial charge < -0.3 is 14.2 Å².